The van der Waals surface area contributed by atoms with E-state index in [1.54, 1.807) is 7.11 Å². The van der Waals surface area contributed by atoms with E-state index in [1.165, 1.54) is 13.1 Å². The summed E-state index contributed by atoms with van der Waals surface area (Å²) in [5, 5.41) is 2.30. The fourth-order valence-electron chi connectivity index (χ4n) is 0.774. The van der Waals surface area contributed by atoms with Gasteiger partial charge in [-0.15, -0.1) is 0 Å². The molecule has 0 radical (unpaired) electrons. The van der Waals surface area contributed by atoms with Gasteiger partial charge in [-0.1, -0.05) is 0 Å². The monoisotopic (exact) mass is 102 g/mol. The highest BCUT2D eigenvalue weighted by atomic mass is 16.5. The van der Waals surface area contributed by atoms with E-state index < -0.39 is 0 Å². The van der Waals surface area contributed by atoms with Crippen LogP contribution in [0.25, 0.3) is 0 Å². The predicted octanol–water partition coefficient (Wildman–Crippen LogP) is -1.17. The van der Waals surface area contributed by atoms with E-state index in [4.69, 9.17) is 4.74 Å². The van der Waals surface area contributed by atoms with Crippen LogP contribution in [0.1, 0.15) is 0 Å². The first-order chi connectivity index (χ1) is 3.43. The summed E-state index contributed by atoms with van der Waals surface area (Å²) in [5.74, 6) is 0.852. The Morgan fingerprint density at radius 2 is 2.43 bits per heavy atom. The number of nitrogens with two attached hydrogens (primary N) is 1. The molecule has 1 aliphatic heterocycles. The van der Waals surface area contributed by atoms with Crippen LogP contribution in [0.15, 0.2) is 0 Å². The van der Waals surface area contributed by atoms with Crippen LogP contribution < -0.4 is 5.32 Å². The second-order valence-electron chi connectivity index (χ2n) is 2.08. The number of hydrogen-bond acceptors (Lipinski definition) is 1. The fourth-order valence-corrected chi connectivity index (χ4v) is 0.774. The molecule has 0 amide bonds. The second-order valence-corrected chi connectivity index (χ2v) is 2.08. The van der Waals surface area contributed by atoms with Crippen LogP contribution in [0, 0.1) is 5.92 Å². The van der Waals surface area contributed by atoms with Gasteiger partial charge in [-0.05, 0) is 0 Å². The van der Waals surface area contributed by atoms with E-state index in [2.05, 4.69) is 5.32 Å². The number of hydrogen-bond donors (Lipinski definition) is 1. The Balaban J connectivity index is 1.93. The molecule has 1 saturated heterocycles. The van der Waals surface area contributed by atoms with E-state index in [9.17, 15) is 0 Å². The molecule has 2 N–H and O–H groups in total. The normalized spacial score (nSPS) is 21.9. The lowest BCUT2D eigenvalue weighted by molar-refractivity contribution is -0.723. The van der Waals surface area contributed by atoms with Gasteiger partial charge in [0.15, 0.2) is 0 Å². The van der Waals surface area contributed by atoms with Crippen LogP contribution in [0.3, 0.4) is 0 Å². The standard InChI is InChI=1S/C5H11NO/c1-7-4-5-2-6-3-5/h5-6H,2-4H2,1H3/p+1. The Morgan fingerprint density at radius 1 is 1.71 bits per heavy atom. The summed E-state index contributed by atoms with van der Waals surface area (Å²) in [7, 11) is 1.76. The quantitative estimate of drug-likeness (QED) is 0.467. The highest BCUT2D eigenvalue weighted by molar-refractivity contribution is 4.57. The average molecular weight is 102 g/mol. The lowest BCUT2D eigenvalue weighted by atomic mass is 10.1. The van der Waals surface area contributed by atoms with Crippen LogP contribution in [0.2, 0.25) is 0 Å². The molecular weight excluding hydrogens is 90.1 g/mol. The summed E-state index contributed by atoms with van der Waals surface area (Å²) in [6, 6.07) is 0. The zero-order valence-electron chi connectivity index (χ0n) is 4.68. The van der Waals surface area contributed by atoms with E-state index >= 15 is 0 Å². The Labute approximate surface area is 43.9 Å². The molecule has 0 bridgehead atoms. The minimum absolute atomic E-state index is 0.852. The van der Waals surface area contributed by atoms with Gasteiger partial charge in [-0.25, -0.2) is 0 Å². The third-order valence-corrected chi connectivity index (χ3v) is 1.40. The molecule has 0 saturated carbocycles. The van der Waals surface area contributed by atoms with Gasteiger partial charge in [0.1, 0.15) is 0 Å². The van der Waals surface area contributed by atoms with Crippen molar-refractivity contribution in [2.75, 3.05) is 26.8 Å². The summed E-state index contributed by atoms with van der Waals surface area (Å²) in [6.07, 6.45) is 0. The van der Waals surface area contributed by atoms with Crippen molar-refractivity contribution in [3.63, 3.8) is 0 Å². The minimum Gasteiger partial charge on any atom is -0.384 e. The molecule has 1 aliphatic rings. The molecule has 0 aromatic rings. The van der Waals surface area contributed by atoms with Crippen LogP contribution in [0.5, 0.6) is 0 Å². The topological polar surface area (TPSA) is 25.8 Å². The van der Waals surface area contributed by atoms with Gasteiger partial charge in [0.05, 0.1) is 25.6 Å². The largest absolute Gasteiger partial charge is 0.384 e. The van der Waals surface area contributed by atoms with E-state index in [0.29, 0.717) is 0 Å². The van der Waals surface area contributed by atoms with Crippen LogP contribution in [0.4, 0.5) is 0 Å². The fraction of sp³-hybridized carbons (Fsp3) is 1.00. The highest BCUT2D eigenvalue weighted by Crippen LogP contribution is 1.93. The van der Waals surface area contributed by atoms with Crippen molar-refractivity contribution in [2.24, 2.45) is 5.92 Å². The van der Waals surface area contributed by atoms with Crippen LogP contribution in [-0.4, -0.2) is 26.8 Å². The van der Waals surface area contributed by atoms with Crippen LogP contribution in [-0.2, 0) is 4.74 Å². The molecule has 7 heavy (non-hydrogen) atoms. The Kier molecular flexibility index (Phi) is 1.65. The predicted molar refractivity (Wildman–Crippen MR) is 27.0 cm³/mol. The second kappa shape index (κ2) is 2.28. The number of methoxy groups -OCH3 is 1. The van der Waals surface area contributed by atoms with Crippen molar-refractivity contribution in [1.29, 1.82) is 0 Å². The zero-order valence-corrected chi connectivity index (χ0v) is 4.68. The third kappa shape index (κ3) is 1.14. The molecule has 0 unspecified atom stereocenters. The Morgan fingerprint density at radius 3 is 2.57 bits per heavy atom. The van der Waals surface area contributed by atoms with Gasteiger partial charge in [-0.2, -0.15) is 0 Å². The van der Waals surface area contributed by atoms with Crippen molar-refractivity contribution in [1.82, 2.24) is 0 Å². The minimum atomic E-state index is 0.852. The molecule has 1 rings (SSSR count). The molecule has 1 fully saturated rings. The van der Waals surface area contributed by atoms with E-state index in [1.807, 2.05) is 0 Å². The van der Waals surface area contributed by atoms with Gasteiger partial charge in [0, 0.05) is 7.11 Å². The van der Waals surface area contributed by atoms with E-state index in [-0.39, 0.29) is 0 Å². The molecule has 42 valence electrons. The lowest BCUT2D eigenvalue weighted by Gasteiger charge is -2.21. The van der Waals surface area contributed by atoms with Gasteiger partial charge in [0.25, 0.3) is 0 Å². The summed E-state index contributed by atoms with van der Waals surface area (Å²) < 4.78 is 4.93. The summed E-state index contributed by atoms with van der Waals surface area (Å²) in [6.45, 7) is 3.50. The summed E-state index contributed by atoms with van der Waals surface area (Å²) in [4.78, 5) is 0. The van der Waals surface area contributed by atoms with Gasteiger partial charge in [-0.3, -0.25) is 0 Å². The first-order valence-electron chi connectivity index (χ1n) is 2.74. The molecule has 1 heterocycles. The van der Waals surface area contributed by atoms with Gasteiger partial charge < -0.3 is 10.1 Å². The van der Waals surface area contributed by atoms with Crippen molar-refractivity contribution in [3.05, 3.63) is 0 Å². The highest BCUT2D eigenvalue weighted by Gasteiger charge is 2.20. The van der Waals surface area contributed by atoms with Crippen molar-refractivity contribution in [3.8, 4) is 0 Å². The van der Waals surface area contributed by atoms with Crippen LogP contribution >= 0.6 is 0 Å². The molecule has 2 heteroatoms. The summed E-state index contributed by atoms with van der Waals surface area (Å²) >= 11 is 0. The lowest BCUT2D eigenvalue weighted by Crippen LogP contribution is -2.96. The molecule has 0 aromatic heterocycles. The van der Waals surface area contributed by atoms with Gasteiger partial charge in [0.2, 0.25) is 0 Å². The first kappa shape index (κ1) is 5.06. The smallest absolute Gasteiger partial charge is 0.0861 e. The van der Waals surface area contributed by atoms with Crippen molar-refractivity contribution in [2.45, 2.75) is 0 Å². The first-order valence-corrected chi connectivity index (χ1v) is 2.74. The summed E-state index contributed by atoms with van der Waals surface area (Å²) in [5.41, 5.74) is 0. The molecular formula is C5H12NO+. The maximum Gasteiger partial charge on any atom is 0.0861 e. The average Bonchev–Trinajstić information content (AvgIpc) is 1.55. The molecule has 0 aromatic carbocycles. The van der Waals surface area contributed by atoms with Crippen molar-refractivity contribution < 1.29 is 10.1 Å². The molecule has 0 spiro atoms. The molecule has 0 atom stereocenters. The number of rotatable bonds is 2. The van der Waals surface area contributed by atoms with Gasteiger partial charge >= 0.3 is 0 Å². The number of ether oxygens (including phenoxy) is 1. The SMILES string of the molecule is COCC1C[NH2+]C1. The molecule has 0 aliphatic carbocycles. The van der Waals surface area contributed by atoms with E-state index in [0.717, 1.165) is 12.5 Å². The maximum absolute atomic E-state index is 4.93. The zero-order chi connectivity index (χ0) is 5.11. The molecule has 2 nitrogen and oxygen atoms in total. The Bertz CT molecular complexity index is 52.0. The third-order valence-electron chi connectivity index (χ3n) is 1.40. The Hall–Kier alpha value is -0.0800. The van der Waals surface area contributed by atoms with Crippen molar-refractivity contribution >= 4 is 0 Å². The maximum atomic E-state index is 4.93. The number of quaternary nitrogens is 1.